The number of rotatable bonds is 6. The first-order chi connectivity index (χ1) is 13.1. The number of hydrogen-bond donors (Lipinski definition) is 3. The molecule has 2 aromatic carbocycles. The van der Waals surface area contributed by atoms with E-state index in [1.54, 1.807) is 37.3 Å². The standard InChI is InChI=1S/C20H25N3O4S/c1-13(2)11-19(24)21-22-20(25)18-12-17(10-7-15(18)4)28(26,27)23-16-8-5-14(3)6-9-16/h5-10,12-13,23H,11H2,1-4H3,(H,21,24)(H,22,25). The van der Waals surface area contributed by atoms with Crippen molar-refractivity contribution in [2.45, 2.75) is 39.0 Å². The van der Waals surface area contributed by atoms with Crippen LogP contribution in [-0.4, -0.2) is 20.2 Å². The summed E-state index contributed by atoms with van der Waals surface area (Å²) in [4.78, 5) is 24.0. The third-order valence-corrected chi connectivity index (χ3v) is 5.36. The van der Waals surface area contributed by atoms with Crippen molar-refractivity contribution in [2.75, 3.05) is 4.72 Å². The molecule has 0 radical (unpaired) electrons. The molecule has 0 aliphatic rings. The van der Waals surface area contributed by atoms with Crippen molar-refractivity contribution in [3.8, 4) is 0 Å². The summed E-state index contributed by atoms with van der Waals surface area (Å²) < 4.78 is 27.8. The molecular weight excluding hydrogens is 378 g/mol. The van der Waals surface area contributed by atoms with Gasteiger partial charge in [-0.1, -0.05) is 37.6 Å². The highest BCUT2D eigenvalue weighted by atomic mass is 32.2. The predicted octanol–water partition coefficient (Wildman–Crippen LogP) is 2.91. The summed E-state index contributed by atoms with van der Waals surface area (Å²) in [6, 6.07) is 11.2. The molecule has 0 spiro atoms. The summed E-state index contributed by atoms with van der Waals surface area (Å²) in [6.45, 7) is 7.37. The van der Waals surface area contributed by atoms with E-state index in [-0.39, 0.29) is 28.7 Å². The van der Waals surface area contributed by atoms with Gasteiger partial charge in [-0.25, -0.2) is 8.42 Å². The quantitative estimate of drug-likeness (QED) is 0.645. The van der Waals surface area contributed by atoms with Gasteiger partial charge in [-0.2, -0.15) is 0 Å². The number of hydrogen-bond acceptors (Lipinski definition) is 4. The number of benzene rings is 2. The lowest BCUT2D eigenvalue weighted by molar-refractivity contribution is -0.122. The van der Waals surface area contributed by atoms with E-state index in [2.05, 4.69) is 15.6 Å². The van der Waals surface area contributed by atoms with E-state index in [0.29, 0.717) is 11.3 Å². The Morgan fingerprint density at radius 3 is 2.21 bits per heavy atom. The first kappa shape index (κ1) is 21.4. The molecule has 0 aromatic heterocycles. The molecule has 0 saturated carbocycles. The minimum Gasteiger partial charge on any atom is -0.280 e. The number of sulfonamides is 1. The van der Waals surface area contributed by atoms with E-state index < -0.39 is 15.9 Å². The SMILES string of the molecule is Cc1ccc(NS(=O)(=O)c2ccc(C)c(C(=O)NNC(=O)CC(C)C)c2)cc1. The Morgan fingerprint density at radius 1 is 0.964 bits per heavy atom. The van der Waals surface area contributed by atoms with E-state index in [4.69, 9.17) is 0 Å². The molecule has 2 aromatic rings. The molecule has 0 aliphatic heterocycles. The molecule has 0 atom stereocenters. The van der Waals surface area contributed by atoms with Crippen molar-refractivity contribution in [3.05, 3.63) is 59.2 Å². The Balaban J connectivity index is 2.18. The zero-order chi connectivity index (χ0) is 20.9. The van der Waals surface area contributed by atoms with Gasteiger partial charge in [0.15, 0.2) is 0 Å². The van der Waals surface area contributed by atoms with Crippen LogP contribution in [0.5, 0.6) is 0 Å². The van der Waals surface area contributed by atoms with Crippen molar-refractivity contribution in [3.63, 3.8) is 0 Å². The average Bonchev–Trinajstić information content (AvgIpc) is 2.61. The smallest absolute Gasteiger partial charge is 0.269 e. The van der Waals surface area contributed by atoms with E-state index in [1.807, 2.05) is 20.8 Å². The molecular formula is C20H25N3O4S. The number of carbonyl (C=O) groups is 2. The highest BCUT2D eigenvalue weighted by molar-refractivity contribution is 7.92. The third kappa shape index (κ3) is 5.82. The molecule has 2 amide bonds. The van der Waals surface area contributed by atoms with Crippen molar-refractivity contribution in [1.29, 1.82) is 0 Å². The molecule has 7 nitrogen and oxygen atoms in total. The molecule has 28 heavy (non-hydrogen) atoms. The lowest BCUT2D eigenvalue weighted by Gasteiger charge is -2.13. The maximum absolute atomic E-state index is 12.6. The Labute approximate surface area is 165 Å². The van der Waals surface area contributed by atoms with Gasteiger partial charge >= 0.3 is 0 Å². The van der Waals surface area contributed by atoms with E-state index in [9.17, 15) is 18.0 Å². The molecule has 0 fully saturated rings. The summed E-state index contributed by atoms with van der Waals surface area (Å²) in [5.41, 5.74) is 6.86. The molecule has 0 aliphatic carbocycles. The van der Waals surface area contributed by atoms with Gasteiger partial charge in [0.05, 0.1) is 4.90 Å². The summed E-state index contributed by atoms with van der Waals surface area (Å²) in [5, 5.41) is 0. The molecule has 150 valence electrons. The Hall–Kier alpha value is -2.87. The summed E-state index contributed by atoms with van der Waals surface area (Å²) in [7, 11) is -3.86. The zero-order valence-electron chi connectivity index (χ0n) is 16.4. The first-order valence-corrected chi connectivity index (χ1v) is 10.4. The molecule has 0 bridgehead atoms. The van der Waals surface area contributed by atoms with Crippen LogP contribution < -0.4 is 15.6 Å². The lowest BCUT2D eigenvalue weighted by atomic mass is 10.1. The van der Waals surface area contributed by atoms with Gasteiger partial charge in [0.2, 0.25) is 5.91 Å². The van der Waals surface area contributed by atoms with Gasteiger partial charge in [0.25, 0.3) is 15.9 Å². The van der Waals surface area contributed by atoms with Crippen molar-refractivity contribution in [1.82, 2.24) is 10.9 Å². The highest BCUT2D eigenvalue weighted by Gasteiger charge is 2.19. The Morgan fingerprint density at radius 2 is 1.61 bits per heavy atom. The summed E-state index contributed by atoms with van der Waals surface area (Å²) >= 11 is 0. The molecule has 8 heteroatoms. The van der Waals surface area contributed by atoms with Crippen LogP contribution in [0, 0.1) is 19.8 Å². The number of amides is 2. The van der Waals surface area contributed by atoms with Crippen LogP contribution in [0.25, 0.3) is 0 Å². The maximum Gasteiger partial charge on any atom is 0.269 e. The number of hydrazine groups is 1. The van der Waals surface area contributed by atoms with Crippen LogP contribution in [0.2, 0.25) is 0 Å². The summed E-state index contributed by atoms with van der Waals surface area (Å²) in [6.07, 6.45) is 0.272. The van der Waals surface area contributed by atoms with Gasteiger partial charge in [-0.05, 0) is 49.6 Å². The number of carbonyl (C=O) groups excluding carboxylic acids is 2. The van der Waals surface area contributed by atoms with Gasteiger partial charge in [0.1, 0.15) is 0 Å². The Kier molecular flexibility index (Phi) is 6.80. The lowest BCUT2D eigenvalue weighted by Crippen LogP contribution is -2.42. The fraction of sp³-hybridized carbons (Fsp3) is 0.300. The normalized spacial score (nSPS) is 11.2. The second-order valence-electron chi connectivity index (χ2n) is 7.05. The monoisotopic (exact) mass is 403 g/mol. The van der Waals surface area contributed by atoms with Crippen LogP contribution in [-0.2, 0) is 14.8 Å². The Bertz CT molecular complexity index is 967. The topological polar surface area (TPSA) is 104 Å². The maximum atomic E-state index is 12.6. The first-order valence-electron chi connectivity index (χ1n) is 8.88. The van der Waals surface area contributed by atoms with Gasteiger partial charge < -0.3 is 0 Å². The molecule has 0 unspecified atom stereocenters. The minimum atomic E-state index is -3.86. The minimum absolute atomic E-state index is 0.0441. The van der Waals surface area contributed by atoms with Crippen molar-refractivity contribution < 1.29 is 18.0 Å². The second kappa shape index (κ2) is 8.88. The van der Waals surface area contributed by atoms with Gasteiger partial charge in [0, 0.05) is 17.7 Å². The number of anilines is 1. The van der Waals surface area contributed by atoms with E-state index in [1.165, 1.54) is 12.1 Å². The van der Waals surface area contributed by atoms with Crippen LogP contribution in [0.4, 0.5) is 5.69 Å². The van der Waals surface area contributed by atoms with Crippen LogP contribution in [0.3, 0.4) is 0 Å². The zero-order valence-corrected chi connectivity index (χ0v) is 17.2. The fourth-order valence-electron chi connectivity index (χ4n) is 2.46. The number of aryl methyl sites for hydroxylation is 2. The molecule has 0 saturated heterocycles. The fourth-order valence-corrected chi connectivity index (χ4v) is 3.55. The largest absolute Gasteiger partial charge is 0.280 e. The van der Waals surface area contributed by atoms with E-state index in [0.717, 1.165) is 5.56 Å². The molecule has 0 heterocycles. The predicted molar refractivity (Wildman–Crippen MR) is 108 cm³/mol. The van der Waals surface area contributed by atoms with Crippen LogP contribution >= 0.6 is 0 Å². The molecule has 3 N–H and O–H groups in total. The van der Waals surface area contributed by atoms with Crippen molar-refractivity contribution in [2.24, 2.45) is 5.92 Å². The van der Waals surface area contributed by atoms with Crippen molar-refractivity contribution >= 4 is 27.5 Å². The highest BCUT2D eigenvalue weighted by Crippen LogP contribution is 2.19. The second-order valence-corrected chi connectivity index (χ2v) is 8.73. The van der Waals surface area contributed by atoms with Crippen LogP contribution in [0.1, 0.15) is 41.8 Å². The van der Waals surface area contributed by atoms with Gasteiger partial charge in [-0.15, -0.1) is 0 Å². The van der Waals surface area contributed by atoms with Gasteiger partial charge in [-0.3, -0.25) is 25.2 Å². The average molecular weight is 404 g/mol. The van der Waals surface area contributed by atoms with E-state index >= 15 is 0 Å². The molecule has 2 rings (SSSR count). The summed E-state index contributed by atoms with van der Waals surface area (Å²) in [5.74, 6) is -0.743. The third-order valence-electron chi connectivity index (χ3n) is 3.98. The van der Waals surface area contributed by atoms with Crippen LogP contribution in [0.15, 0.2) is 47.4 Å². The number of nitrogens with one attached hydrogen (secondary N) is 3.